The monoisotopic (exact) mass is 362 g/mol. The first-order valence-corrected chi connectivity index (χ1v) is 8.09. The minimum Gasteiger partial charge on any atom is -0.326 e. The van der Waals surface area contributed by atoms with Gasteiger partial charge in [0.25, 0.3) is 0 Å². The molecule has 1 aliphatic heterocycles. The van der Waals surface area contributed by atoms with Crippen LogP contribution in [0.1, 0.15) is 17.5 Å². The van der Waals surface area contributed by atoms with Crippen LogP contribution in [0.25, 0.3) is 0 Å². The molecule has 1 atom stereocenters. The van der Waals surface area contributed by atoms with Crippen LogP contribution in [0.2, 0.25) is 0 Å². The van der Waals surface area contributed by atoms with Crippen molar-refractivity contribution in [2.45, 2.75) is 19.5 Å². The van der Waals surface area contributed by atoms with Crippen LogP contribution in [-0.4, -0.2) is 18.4 Å². The molecule has 1 aliphatic rings. The molecule has 2 aromatic rings. The van der Waals surface area contributed by atoms with E-state index in [2.05, 4.69) is 5.32 Å². The molecule has 4 nitrogen and oxygen atoms in total. The quantitative estimate of drug-likeness (QED) is 0.897. The molecule has 1 N–H and O–H groups in total. The Morgan fingerprint density at radius 2 is 1.69 bits per heavy atom. The molecule has 1 fully saturated rings. The van der Waals surface area contributed by atoms with Gasteiger partial charge in [0.15, 0.2) is 0 Å². The number of hydrogen-bond donors (Lipinski definition) is 1. The number of benzene rings is 2. The minimum atomic E-state index is -4.42. The summed E-state index contributed by atoms with van der Waals surface area (Å²) < 4.78 is 37.7. The van der Waals surface area contributed by atoms with Crippen molar-refractivity contribution in [3.63, 3.8) is 0 Å². The number of carbonyl (C=O) groups is 2. The normalized spacial score (nSPS) is 17.5. The molecule has 0 radical (unpaired) electrons. The number of nitrogens with one attached hydrogen (secondary N) is 1. The molecular formula is C19H17F3N2O2. The zero-order chi connectivity index (χ0) is 18.9. The molecule has 26 heavy (non-hydrogen) atoms. The zero-order valence-electron chi connectivity index (χ0n) is 14.0. The topological polar surface area (TPSA) is 49.4 Å². The van der Waals surface area contributed by atoms with E-state index in [1.165, 1.54) is 12.1 Å². The number of halogens is 3. The Balaban J connectivity index is 1.65. The fourth-order valence-electron chi connectivity index (χ4n) is 2.84. The summed E-state index contributed by atoms with van der Waals surface area (Å²) in [5.41, 5.74) is 1.28. The van der Waals surface area contributed by atoms with Crippen molar-refractivity contribution in [2.75, 3.05) is 16.8 Å². The molecule has 0 bridgehead atoms. The molecular weight excluding hydrogens is 345 g/mol. The van der Waals surface area contributed by atoms with Crippen LogP contribution in [0.15, 0.2) is 48.5 Å². The molecule has 0 aromatic heterocycles. The molecule has 136 valence electrons. The van der Waals surface area contributed by atoms with E-state index < -0.39 is 17.7 Å². The minimum absolute atomic E-state index is 0.0698. The number of rotatable bonds is 3. The lowest BCUT2D eigenvalue weighted by Gasteiger charge is -2.17. The molecule has 1 heterocycles. The molecule has 1 saturated heterocycles. The predicted molar refractivity (Wildman–Crippen MR) is 91.7 cm³/mol. The highest BCUT2D eigenvalue weighted by molar-refractivity contribution is 6.03. The van der Waals surface area contributed by atoms with Crippen LogP contribution in [0.3, 0.4) is 0 Å². The van der Waals surface area contributed by atoms with Gasteiger partial charge in [0, 0.05) is 24.3 Å². The van der Waals surface area contributed by atoms with Crippen LogP contribution >= 0.6 is 0 Å². The van der Waals surface area contributed by atoms with E-state index in [9.17, 15) is 22.8 Å². The third-order valence-electron chi connectivity index (χ3n) is 4.32. The van der Waals surface area contributed by atoms with E-state index in [0.29, 0.717) is 0 Å². The molecule has 2 amide bonds. The van der Waals surface area contributed by atoms with Crippen LogP contribution in [0.4, 0.5) is 24.5 Å². The van der Waals surface area contributed by atoms with Gasteiger partial charge >= 0.3 is 6.18 Å². The number of amides is 2. The summed E-state index contributed by atoms with van der Waals surface area (Å²) in [6, 6.07) is 11.6. The number of alkyl halides is 3. The van der Waals surface area contributed by atoms with Gasteiger partial charge in [0.2, 0.25) is 11.8 Å². The maximum Gasteiger partial charge on any atom is 0.416 e. The summed E-state index contributed by atoms with van der Waals surface area (Å²) in [6.45, 7) is 2.18. The van der Waals surface area contributed by atoms with Crippen LogP contribution in [-0.2, 0) is 15.8 Å². The van der Waals surface area contributed by atoms with E-state index in [0.717, 1.165) is 23.4 Å². The molecule has 0 saturated carbocycles. The Morgan fingerprint density at radius 1 is 1.08 bits per heavy atom. The van der Waals surface area contributed by atoms with E-state index in [1.807, 2.05) is 31.2 Å². The largest absolute Gasteiger partial charge is 0.416 e. The van der Waals surface area contributed by atoms with Crippen LogP contribution in [0.5, 0.6) is 0 Å². The Morgan fingerprint density at radius 3 is 2.27 bits per heavy atom. The summed E-state index contributed by atoms with van der Waals surface area (Å²) in [7, 11) is 0. The first kappa shape index (κ1) is 18.0. The summed E-state index contributed by atoms with van der Waals surface area (Å²) in [5.74, 6) is -1.08. The van der Waals surface area contributed by atoms with Crippen molar-refractivity contribution in [1.82, 2.24) is 0 Å². The van der Waals surface area contributed by atoms with E-state index in [4.69, 9.17) is 0 Å². The van der Waals surface area contributed by atoms with Gasteiger partial charge in [0.1, 0.15) is 0 Å². The highest BCUT2D eigenvalue weighted by Gasteiger charge is 2.35. The Bertz CT molecular complexity index is 814. The van der Waals surface area contributed by atoms with Crippen molar-refractivity contribution < 1.29 is 22.8 Å². The van der Waals surface area contributed by atoms with Crippen LogP contribution in [0, 0.1) is 12.8 Å². The van der Waals surface area contributed by atoms with Gasteiger partial charge in [-0.2, -0.15) is 13.2 Å². The number of nitrogens with zero attached hydrogens (tertiary/aromatic N) is 1. The summed E-state index contributed by atoms with van der Waals surface area (Å²) in [4.78, 5) is 26.1. The first-order chi connectivity index (χ1) is 12.2. The standard InChI is InChI=1S/C19H17F3N2O2/c1-12-2-8-16(9-3-12)24-11-13(10-17(24)25)18(26)23-15-6-4-14(5-7-15)19(20,21)22/h2-9,13H,10-11H2,1H3,(H,23,26). The summed E-state index contributed by atoms with van der Waals surface area (Å²) >= 11 is 0. The average Bonchev–Trinajstić information content (AvgIpc) is 2.97. The second kappa shape index (κ2) is 6.82. The Kier molecular flexibility index (Phi) is 4.71. The molecule has 1 unspecified atom stereocenters. The molecule has 0 aliphatic carbocycles. The molecule has 3 rings (SSSR count). The number of hydrogen-bond acceptors (Lipinski definition) is 2. The summed E-state index contributed by atoms with van der Waals surface area (Å²) in [5, 5.41) is 2.58. The first-order valence-electron chi connectivity index (χ1n) is 8.09. The van der Waals surface area contributed by atoms with E-state index in [-0.39, 0.29) is 30.5 Å². The lowest BCUT2D eigenvalue weighted by atomic mass is 10.1. The van der Waals surface area contributed by atoms with Gasteiger partial charge in [0.05, 0.1) is 11.5 Å². The highest BCUT2D eigenvalue weighted by atomic mass is 19.4. The van der Waals surface area contributed by atoms with E-state index >= 15 is 0 Å². The van der Waals surface area contributed by atoms with Crippen molar-refractivity contribution >= 4 is 23.2 Å². The second-order valence-corrected chi connectivity index (χ2v) is 6.31. The van der Waals surface area contributed by atoms with Crippen molar-refractivity contribution in [3.05, 3.63) is 59.7 Å². The number of anilines is 2. The highest BCUT2D eigenvalue weighted by Crippen LogP contribution is 2.30. The smallest absolute Gasteiger partial charge is 0.326 e. The molecule has 0 spiro atoms. The summed E-state index contributed by atoms with van der Waals surface area (Å²) in [6.07, 6.45) is -4.35. The predicted octanol–water partition coefficient (Wildman–Crippen LogP) is 4.01. The SMILES string of the molecule is Cc1ccc(N2CC(C(=O)Nc3ccc(C(F)(F)F)cc3)CC2=O)cc1. The van der Waals surface area contributed by atoms with Gasteiger partial charge in [-0.3, -0.25) is 9.59 Å². The second-order valence-electron chi connectivity index (χ2n) is 6.31. The average molecular weight is 362 g/mol. The number of aryl methyl sites for hydroxylation is 1. The fourth-order valence-corrected chi connectivity index (χ4v) is 2.84. The lowest BCUT2D eigenvalue weighted by Crippen LogP contribution is -2.28. The Hall–Kier alpha value is -2.83. The van der Waals surface area contributed by atoms with Gasteiger partial charge in [-0.25, -0.2) is 0 Å². The fraction of sp³-hybridized carbons (Fsp3) is 0.263. The van der Waals surface area contributed by atoms with Crippen LogP contribution < -0.4 is 10.2 Å². The maximum atomic E-state index is 12.6. The van der Waals surface area contributed by atoms with Crippen molar-refractivity contribution in [1.29, 1.82) is 0 Å². The van der Waals surface area contributed by atoms with Gasteiger partial charge in [-0.15, -0.1) is 0 Å². The Labute approximate surface area is 148 Å². The zero-order valence-corrected chi connectivity index (χ0v) is 14.0. The number of carbonyl (C=O) groups excluding carboxylic acids is 2. The van der Waals surface area contributed by atoms with Gasteiger partial charge in [-0.1, -0.05) is 17.7 Å². The third kappa shape index (κ3) is 3.87. The van der Waals surface area contributed by atoms with Gasteiger partial charge < -0.3 is 10.2 Å². The third-order valence-corrected chi connectivity index (χ3v) is 4.32. The molecule has 2 aromatic carbocycles. The van der Waals surface area contributed by atoms with Gasteiger partial charge in [-0.05, 0) is 43.3 Å². The van der Waals surface area contributed by atoms with E-state index in [1.54, 1.807) is 4.90 Å². The van der Waals surface area contributed by atoms with Crippen molar-refractivity contribution in [3.8, 4) is 0 Å². The maximum absolute atomic E-state index is 12.6. The van der Waals surface area contributed by atoms with Crippen molar-refractivity contribution in [2.24, 2.45) is 5.92 Å². The molecule has 7 heteroatoms. The lowest BCUT2D eigenvalue weighted by molar-refractivity contribution is -0.137.